The Morgan fingerprint density at radius 2 is 1.75 bits per heavy atom. The van der Waals surface area contributed by atoms with Crippen molar-refractivity contribution in [2.24, 2.45) is 0 Å². The van der Waals surface area contributed by atoms with E-state index in [1.165, 1.54) is 0 Å². The summed E-state index contributed by atoms with van der Waals surface area (Å²) in [4.78, 5) is 13.6. The predicted molar refractivity (Wildman–Crippen MR) is 79.3 cm³/mol. The van der Waals surface area contributed by atoms with Crippen LogP contribution < -0.4 is 10.5 Å². The van der Waals surface area contributed by atoms with E-state index in [-0.39, 0.29) is 12.5 Å². The van der Waals surface area contributed by atoms with Crippen molar-refractivity contribution in [2.45, 2.75) is 6.54 Å². The average Bonchev–Trinajstić information content (AvgIpc) is 2.48. The molecule has 0 unspecified atom stereocenters. The van der Waals surface area contributed by atoms with E-state index in [1.807, 2.05) is 54.6 Å². The first-order chi connectivity index (χ1) is 9.65. The summed E-state index contributed by atoms with van der Waals surface area (Å²) in [5.41, 5.74) is 7.38. The SMILES string of the molecule is CN(Cc1ccc(N)cc1)C(=O)COc1ccccc1. The summed E-state index contributed by atoms with van der Waals surface area (Å²) < 4.78 is 5.43. The lowest BCUT2D eigenvalue weighted by Gasteiger charge is -2.17. The van der Waals surface area contributed by atoms with Crippen LogP contribution in [-0.2, 0) is 11.3 Å². The molecule has 2 N–H and O–H groups in total. The quantitative estimate of drug-likeness (QED) is 0.848. The molecule has 4 heteroatoms. The number of amides is 1. The van der Waals surface area contributed by atoms with Crippen molar-refractivity contribution in [3.05, 3.63) is 60.2 Å². The van der Waals surface area contributed by atoms with Crippen LogP contribution in [0.4, 0.5) is 5.69 Å². The smallest absolute Gasteiger partial charge is 0.260 e. The number of ether oxygens (including phenoxy) is 1. The second-order valence-electron chi connectivity index (χ2n) is 4.59. The number of para-hydroxylation sites is 1. The fraction of sp³-hybridized carbons (Fsp3) is 0.188. The van der Waals surface area contributed by atoms with Crippen LogP contribution in [0.25, 0.3) is 0 Å². The molecule has 4 nitrogen and oxygen atoms in total. The van der Waals surface area contributed by atoms with Gasteiger partial charge in [-0.3, -0.25) is 4.79 Å². The highest BCUT2D eigenvalue weighted by molar-refractivity contribution is 5.77. The van der Waals surface area contributed by atoms with Crippen molar-refractivity contribution < 1.29 is 9.53 Å². The molecule has 0 heterocycles. The number of hydrogen-bond acceptors (Lipinski definition) is 3. The molecule has 0 aliphatic heterocycles. The fourth-order valence-electron chi connectivity index (χ4n) is 1.76. The minimum Gasteiger partial charge on any atom is -0.484 e. The second kappa shape index (κ2) is 6.61. The van der Waals surface area contributed by atoms with E-state index in [4.69, 9.17) is 10.5 Å². The standard InChI is InChI=1S/C16H18N2O2/c1-18(11-13-7-9-14(17)10-8-13)16(19)12-20-15-5-3-2-4-6-15/h2-10H,11-12,17H2,1H3. The lowest BCUT2D eigenvalue weighted by atomic mass is 10.2. The molecular formula is C16H18N2O2. The van der Waals surface area contributed by atoms with Crippen LogP contribution in [0.2, 0.25) is 0 Å². The molecule has 0 aliphatic carbocycles. The first kappa shape index (κ1) is 13.9. The molecule has 1 amide bonds. The Kier molecular flexibility index (Phi) is 4.60. The molecule has 2 aromatic rings. The van der Waals surface area contributed by atoms with E-state index in [2.05, 4.69) is 0 Å². The number of carbonyl (C=O) groups excluding carboxylic acids is 1. The highest BCUT2D eigenvalue weighted by Gasteiger charge is 2.10. The summed E-state index contributed by atoms with van der Waals surface area (Å²) in [6, 6.07) is 16.8. The number of nitrogens with two attached hydrogens (primary N) is 1. The number of benzene rings is 2. The number of nitrogen functional groups attached to an aromatic ring is 1. The highest BCUT2D eigenvalue weighted by Crippen LogP contribution is 2.10. The molecule has 0 aliphatic rings. The molecule has 0 saturated heterocycles. The van der Waals surface area contributed by atoms with Gasteiger partial charge in [-0.1, -0.05) is 30.3 Å². The van der Waals surface area contributed by atoms with Gasteiger partial charge in [0, 0.05) is 19.3 Å². The third-order valence-electron chi connectivity index (χ3n) is 2.93. The van der Waals surface area contributed by atoms with E-state index in [0.717, 1.165) is 11.3 Å². The van der Waals surface area contributed by atoms with Crippen molar-refractivity contribution in [3.63, 3.8) is 0 Å². The number of likely N-dealkylation sites (N-methyl/N-ethyl adjacent to an activating group) is 1. The molecule has 2 aromatic carbocycles. The van der Waals surface area contributed by atoms with Gasteiger partial charge in [0.1, 0.15) is 5.75 Å². The van der Waals surface area contributed by atoms with Crippen molar-refractivity contribution in [3.8, 4) is 5.75 Å². The van der Waals surface area contributed by atoms with Gasteiger partial charge in [-0.15, -0.1) is 0 Å². The van der Waals surface area contributed by atoms with Gasteiger partial charge in [-0.2, -0.15) is 0 Å². The van der Waals surface area contributed by atoms with Crippen LogP contribution in [0, 0.1) is 0 Å². The third-order valence-corrected chi connectivity index (χ3v) is 2.93. The van der Waals surface area contributed by atoms with E-state index in [1.54, 1.807) is 11.9 Å². The molecule has 0 saturated carbocycles. The van der Waals surface area contributed by atoms with E-state index in [0.29, 0.717) is 12.3 Å². The van der Waals surface area contributed by atoms with Crippen molar-refractivity contribution in [1.82, 2.24) is 4.90 Å². The Balaban J connectivity index is 1.84. The number of hydrogen-bond donors (Lipinski definition) is 1. The number of carbonyl (C=O) groups is 1. The van der Waals surface area contributed by atoms with E-state index in [9.17, 15) is 4.79 Å². The van der Waals surface area contributed by atoms with Gasteiger partial charge in [0.2, 0.25) is 0 Å². The van der Waals surface area contributed by atoms with Crippen LogP contribution in [0.5, 0.6) is 5.75 Å². The van der Waals surface area contributed by atoms with Gasteiger partial charge in [0.05, 0.1) is 0 Å². The molecule has 104 valence electrons. The lowest BCUT2D eigenvalue weighted by Crippen LogP contribution is -2.30. The van der Waals surface area contributed by atoms with Crippen LogP contribution in [0.1, 0.15) is 5.56 Å². The van der Waals surface area contributed by atoms with Gasteiger partial charge < -0.3 is 15.4 Å². The maximum Gasteiger partial charge on any atom is 0.260 e. The van der Waals surface area contributed by atoms with Gasteiger partial charge in [0.25, 0.3) is 5.91 Å². The second-order valence-corrected chi connectivity index (χ2v) is 4.59. The van der Waals surface area contributed by atoms with Gasteiger partial charge in [-0.05, 0) is 29.8 Å². The Morgan fingerprint density at radius 3 is 2.40 bits per heavy atom. The van der Waals surface area contributed by atoms with Crippen LogP contribution in [-0.4, -0.2) is 24.5 Å². The molecule has 0 atom stereocenters. The monoisotopic (exact) mass is 270 g/mol. The minimum atomic E-state index is -0.0642. The van der Waals surface area contributed by atoms with Crippen LogP contribution in [0.3, 0.4) is 0 Å². The average molecular weight is 270 g/mol. The Labute approximate surface area is 118 Å². The fourth-order valence-corrected chi connectivity index (χ4v) is 1.76. The highest BCUT2D eigenvalue weighted by atomic mass is 16.5. The Bertz CT molecular complexity index is 552. The van der Waals surface area contributed by atoms with Gasteiger partial charge >= 0.3 is 0 Å². The first-order valence-electron chi connectivity index (χ1n) is 6.41. The van der Waals surface area contributed by atoms with E-state index >= 15 is 0 Å². The number of anilines is 1. The van der Waals surface area contributed by atoms with Crippen molar-refractivity contribution >= 4 is 11.6 Å². The summed E-state index contributed by atoms with van der Waals surface area (Å²) in [6.45, 7) is 0.576. The summed E-state index contributed by atoms with van der Waals surface area (Å²) in [5.74, 6) is 0.632. The Morgan fingerprint density at radius 1 is 1.10 bits per heavy atom. The molecule has 2 rings (SSSR count). The van der Waals surface area contributed by atoms with Crippen LogP contribution >= 0.6 is 0 Å². The molecule has 0 bridgehead atoms. The summed E-state index contributed by atoms with van der Waals surface area (Å²) in [5, 5.41) is 0. The zero-order valence-electron chi connectivity index (χ0n) is 11.5. The molecule has 0 spiro atoms. The number of rotatable bonds is 5. The molecule has 0 fully saturated rings. The molecule has 0 aromatic heterocycles. The molecule has 0 radical (unpaired) electrons. The zero-order valence-corrected chi connectivity index (χ0v) is 11.5. The maximum atomic E-state index is 12.0. The first-order valence-corrected chi connectivity index (χ1v) is 6.41. The van der Waals surface area contributed by atoms with E-state index < -0.39 is 0 Å². The molecule has 20 heavy (non-hydrogen) atoms. The zero-order chi connectivity index (χ0) is 14.4. The topological polar surface area (TPSA) is 55.6 Å². The lowest BCUT2D eigenvalue weighted by molar-refractivity contribution is -0.132. The Hall–Kier alpha value is -2.49. The van der Waals surface area contributed by atoms with Crippen LogP contribution in [0.15, 0.2) is 54.6 Å². The van der Waals surface area contributed by atoms with Crippen molar-refractivity contribution in [2.75, 3.05) is 19.4 Å². The predicted octanol–water partition coefficient (Wildman–Crippen LogP) is 2.31. The third kappa shape index (κ3) is 4.02. The molecular weight excluding hydrogens is 252 g/mol. The summed E-state index contributed by atoms with van der Waals surface area (Å²) >= 11 is 0. The largest absolute Gasteiger partial charge is 0.484 e. The maximum absolute atomic E-state index is 12.0. The summed E-state index contributed by atoms with van der Waals surface area (Å²) in [7, 11) is 1.76. The normalized spacial score (nSPS) is 10.1. The minimum absolute atomic E-state index is 0.0372. The summed E-state index contributed by atoms with van der Waals surface area (Å²) in [6.07, 6.45) is 0. The van der Waals surface area contributed by atoms with Gasteiger partial charge in [0.15, 0.2) is 6.61 Å². The van der Waals surface area contributed by atoms with Crippen molar-refractivity contribution in [1.29, 1.82) is 0 Å². The number of nitrogens with zero attached hydrogens (tertiary/aromatic N) is 1. The van der Waals surface area contributed by atoms with Gasteiger partial charge in [-0.25, -0.2) is 0 Å².